The molecule has 0 unspecified atom stereocenters. The molecule has 6 heteroatoms. The number of nitrogens with zero attached hydrogens (tertiary/aromatic N) is 2. The molecule has 0 saturated heterocycles. The largest absolute Gasteiger partial charge is 0.377 e. The predicted molar refractivity (Wildman–Crippen MR) is 74.0 cm³/mol. The monoisotopic (exact) mass is 329 g/mol. The molecule has 0 radical (unpaired) electrons. The van der Waals surface area contributed by atoms with Crippen molar-refractivity contribution in [2.45, 2.75) is 26.4 Å². The molecule has 0 aliphatic rings. The number of halogens is 3. The molecular formula is C13H14BrF2N3. The van der Waals surface area contributed by atoms with E-state index in [1.54, 1.807) is 0 Å². The molecule has 2 rings (SSSR count). The SMILES string of the molecule is CC(C)n1ccc(CNc2cc(F)c(Br)cc2F)n1. The first-order valence-electron chi connectivity index (χ1n) is 5.90. The molecule has 0 atom stereocenters. The normalized spacial score (nSPS) is 11.1. The Morgan fingerprint density at radius 2 is 2.05 bits per heavy atom. The molecule has 0 amide bonds. The molecule has 102 valence electrons. The Hall–Kier alpha value is -1.43. The van der Waals surface area contributed by atoms with Gasteiger partial charge in [0.05, 0.1) is 22.4 Å². The van der Waals surface area contributed by atoms with Gasteiger partial charge in [-0.2, -0.15) is 5.10 Å². The molecule has 3 nitrogen and oxygen atoms in total. The van der Waals surface area contributed by atoms with Crippen molar-refractivity contribution in [2.24, 2.45) is 0 Å². The zero-order valence-corrected chi connectivity index (χ0v) is 12.2. The van der Waals surface area contributed by atoms with Crippen LogP contribution in [-0.2, 0) is 6.54 Å². The molecule has 0 bridgehead atoms. The highest BCUT2D eigenvalue weighted by molar-refractivity contribution is 9.10. The first kappa shape index (κ1) is 14.0. The van der Waals surface area contributed by atoms with Crippen LogP contribution >= 0.6 is 15.9 Å². The minimum absolute atomic E-state index is 0.111. The minimum Gasteiger partial charge on any atom is -0.377 e. The number of rotatable bonds is 4. The van der Waals surface area contributed by atoms with Gasteiger partial charge in [0.15, 0.2) is 0 Å². The molecule has 0 spiro atoms. The van der Waals surface area contributed by atoms with Gasteiger partial charge in [0.2, 0.25) is 0 Å². The van der Waals surface area contributed by atoms with Crippen LogP contribution < -0.4 is 5.32 Å². The van der Waals surface area contributed by atoms with Gasteiger partial charge in [0.25, 0.3) is 0 Å². The summed E-state index contributed by atoms with van der Waals surface area (Å²) in [5.41, 5.74) is 0.899. The summed E-state index contributed by atoms with van der Waals surface area (Å²) >= 11 is 2.94. The quantitative estimate of drug-likeness (QED) is 0.855. The van der Waals surface area contributed by atoms with E-state index < -0.39 is 11.6 Å². The highest BCUT2D eigenvalue weighted by Gasteiger charge is 2.09. The van der Waals surface area contributed by atoms with Gasteiger partial charge in [-0.05, 0) is 41.9 Å². The van der Waals surface area contributed by atoms with Crippen LogP contribution in [0.1, 0.15) is 25.6 Å². The van der Waals surface area contributed by atoms with E-state index in [9.17, 15) is 8.78 Å². The maximum atomic E-state index is 13.6. The Morgan fingerprint density at radius 3 is 2.68 bits per heavy atom. The topological polar surface area (TPSA) is 29.9 Å². The third kappa shape index (κ3) is 3.32. The van der Waals surface area contributed by atoms with E-state index in [1.165, 1.54) is 0 Å². The van der Waals surface area contributed by atoms with Crippen LogP contribution in [0.15, 0.2) is 28.9 Å². The second kappa shape index (κ2) is 5.69. The summed E-state index contributed by atoms with van der Waals surface area (Å²) in [4.78, 5) is 0. The average Bonchev–Trinajstić information content (AvgIpc) is 2.81. The van der Waals surface area contributed by atoms with E-state index in [1.807, 2.05) is 30.8 Å². The molecular weight excluding hydrogens is 316 g/mol. The van der Waals surface area contributed by atoms with Gasteiger partial charge in [-0.3, -0.25) is 4.68 Å². The summed E-state index contributed by atoms with van der Waals surface area (Å²) in [6.07, 6.45) is 1.86. The fourth-order valence-corrected chi connectivity index (χ4v) is 1.92. The van der Waals surface area contributed by atoms with Gasteiger partial charge in [-0.15, -0.1) is 0 Å². The Morgan fingerprint density at radius 1 is 1.32 bits per heavy atom. The molecule has 0 saturated carbocycles. The lowest BCUT2D eigenvalue weighted by atomic mass is 10.3. The van der Waals surface area contributed by atoms with E-state index in [0.29, 0.717) is 6.54 Å². The Balaban J connectivity index is 2.07. The van der Waals surface area contributed by atoms with Crippen LogP contribution in [0.4, 0.5) is 14.5 Å². The Labute approximate surface area is 118 Å². The first-order chi connectivity index (χ1) is 8.97. The molecule has 1 aromatic carbocycles. The number of hydrogen-bond donors (Lipinski definition) is 1. The number of hydrogen-bond acceptors (Lipinski definition) is 2. The van der Waals surface area contributed by atoms with Crippen molar-refractivity contribution in [3.05, 3.63) is 46.2 Å². The third-order valence-electron chi connectivity index (χ3n) is 2.66. The summed E-state index contributed by atoms with van der Waals surface area (Å²) in [5.74, 6) is -1.01. The van der Waals surface area contributed by atoms with Crippen LogP contribution in [-0.4, -0.2) is 9.78 Å². The van der Waals surface area contributed by atoms with Crippen LogP contribution in [0.2, 0.25) is 0 Å². The van der Waals surface area contributed by atoms with Gasteiger partial charge in [0.1, 0.15) is 11.6 Å². The Bertz CT molecular complexity index is 581. The van der Waals surface area contributed by atoms with Gasteiger partial charge in [0, 0.05) is 18.3 Å². The third-order valence-corrected chi connectivity index (χ3v) is 3.27. The lowest BCUT2D eigenvalue weighted by Crippen LogP contribution is -2.06. The second-order valence-electron chi connectivity index (χ2n) is 4.48. The summed E-state index contributed by atoms with van der Waals surface area (Å²) in [6.45, 7) is 4.39. The zero-order chi connectivity index (χ0) is 14.0. The molecule has 0 aliphatic carbocycles. The second-order valence-corrected chi connectivity index (χ2v) is 5.33. The number of aromatic nitrogens is 2. The molecule has 1 aromatic heterocycles. The zero-order valence-electron chi connectivity index (χ0n) is 10.6. The van der Waals surface area contributed by atoms with Crippen molar-refractivity contribution >= 4 is 21.6 Å². The van der Waals surface area contributed by atoms with Crippen molar-refractivity contribution in [1.29, 1.82) is 0 Å². The van der Waals surface area contributed by atoms with E-state index in [2.05, 4.69) is 26.3 Å². The standard InChI is InChI=1S/C13H14BrF2N3/c1-8(2)19-4-3-9(18-19)7-17-13-6-11(15)10(14)5-12(13)16/h3-6,8,17H,7H2,1-2H3. The van der Waals surface area contributed by atoms with Gasteiger partial charge >= 0.3 is 0 Å². The van der Waals surface area contributed by atoms with Crippen molar-refractivity contribution in [3.8, 4) is 0 Å². The maximum absolute atomic E-state index is 13.6. The summed E-state index contributed by atoms with van der Waals surface area (Å²) in [5, 5.41) is 7.16. The summed E-state index contributed by atoms with van der Waals surface area (Å²) in [7, 11) is 0. The van der Waals surface area contributed by atoms with Crippen molar-refractivity contribution in [1.82, 2.24) is 9.78 Å². The molecule has 1 N–H and O–H groups in total. The minimum atomic E-state index is -0.503. The van der Waals surface area contributed by atoms with Gasteiger partial charge < -0.3 is 5.32 Å². The van der Waals surface area contributed by atoms with Crippen molar-refractivity contribution < 1.29 is 8.78 Å². The lowest BCUT2D eigenvalue weighted by molar-refractivity contribution is 0.527. The van der Waals surface area contributed by atoms with Crippen LogP contribution in [0, 0.1) is 11.6 Å². The van der Waals surface area contributed by atoms with Crippen molar-refractivity contribution in [3.63, 3.8) is 0 Å². The first-order valence-corrected chi connectivity index (χ1v) is 6.69. The predicted octanol–water partition coefficient (Wildman–Crippen LogP) is 4.12. The van der Waals surface area contributed by atoms with E-state index >= 15 is 0 Å². The summed E-state index contributed by atoms with van der Waals surface area (Å²) < 4.78 is 28.8. The number of benzene rings is 1. The molecule has 1 heterocycles. The van der Waals surface area contributed by atoms with E-state index in [4.69, 9.17) is 0 Å². The van der Waals surface area contributed by atoms with Crippen LogP contribution in [0.3, 0.4) is 0 Å². The highest BCUT2D eigenvalue weighted by atomic mass is 79.9. The fourth-order valence-electron chi connectivity index (χ4n) is 1.60. The fraction of sp³-hybridized carbons (Fsp3) is 0.308. The number of anilines is 1. The molecule has 19 heavy (non-hydrogen) atoms. The van der Waals surface area contributed by atoms with Crippen molar-refractivity contribution in [2.75, 3.05) is 5.32 Å². The van der Waals surface area contributed by atoms with Crippen LogP contribution in [0.5, 0.6) is 0 Å². The molecule has 2 aromatic rings. The van der Waals surface area contributed by atoms with Crippen LogP contribution in [0.25, 0.3) is 0 Å². The van der Waals surface area contributed by atoms with Gasteiger partial charge in [-0.25, -0.2) is 8.78 Å². The average molecular weight is 330 g/mol. The lowest BCUT2D eigenvalue weighted by Gasteiger charge is -2.07. The number of nitrogens with one attached hydrogen (secondary N) is 1. The van der Waals surface area contributed by atoms with E-state index in [0.717, 1.165) is 17.8 Å². The Kier molecular flexibility index (Phi) is 4.19. The highest BCUT2D eigenvalue weighted by Crippen LogP contribution is 2.23. The van der Waals surface area contributed by atoms with E-state index in [-0.39, 0.29) is 16.2 Å². The molecule has 0 aliphatic heterocycles. The maximum Gasteiger partial charge on any atom is 0.147 e. The smallest absolute Gasteiger partial charge is 0.147 e. The molecule has 0 fully saturated rings. The van der Waals surface area contributed by atoms with Gasteiger partial charge in [-0.1, -0.05) is 0 Å². The summed E-state index contributed by atoms with van der Waals surface area (Å²) in [6, 6.07) is 4.35.